The zero-order valence-corrected chi connectivity index (χ0v) is 14.3. The first-order valence-electron chi connectivity index (χ1n) is 7.55. The number of ether oxygens (including phenoxy) is 1. The maximum atomic E-state index is 13.1. The summed E-state index contributed by atoms with van der Waals surface area (Å²) in [6, 6.07) is 13.4. The number of carbonyl (C=O) groups is 1. The van der Waals surface area contributed by atoms with E-state index in [4.69, 9.17) is 10.5 Å². The van der Waals surface area contributed by atoms with Crippen molar-refractivity contribution in [1.29, 1.82) is 0 Å². The molecule has 0 heterocycles. The summed E-state index contributed by atoms with van der Waals surface area (Å²) in [4.78, 5) is 11.8. The van der Waals surface area contributed by atoms with E-state index in [1.807, 2.05) is 31.2 Å². The molecule has 0 bridgehead atoms. The summed E-state index contributed by atoms with van der Waals surface area (Å²) in [6.45, 7) is 2.17. The van der Waals surface area contributed by atoms with Gasteiger partial charge in [-0.15, -0.1) is 12.4 Å². The van der Waals surface area contributed by atoms with E-state index >= 15 is 0 Å². The van der Waals surface area contributed by atoms with Crippen LogP contribution in [-0.2, 0) is 11.4 Å². The van der Waals surface area contributed by atoms with Gasteiger partial charge in [-0.1, -0.05) is 18.2 Å². The predicted octanol–water partition coefficient (Wildman–Crippen LogP) is 3.89. The largest absolute Gasteiger partial charge is 0.489 e. The highest BCUT2D eigenvalue weighted by molar-refractivity contribution is 5.90. The number of halogens is 2. The summed E-state index contributed by atoms with van der Waals surface area (Å²) in [7, 11) is 0. The average Bonchev–Trinajstić information content (AvgIpc) is 2.51. The first-order chi connectivity index (χ1) is 11.0. The minimum absolute atomic E-state index is 0. The minimum Gasteiger partial charge on any atom is -0.489 e. The lowest BCUT2D eigenvalue weighted by Crippen LogP contribution is -2.19. The van der Waals surface area contributed by atoms with Gasteiger partial charge in [0.25, 0.3) is 0 Å². The summed E-state index contributed by atoms with van der Waals surface area (Å²) in [5, 5.41) is 2.83. The van der Waals surface area contributed by atoms with Gasteiger partial charge >= 0.3 is 0 Å². The third kappa shape index (κ3) is 6.98. The van der Waals surface area contributed by atoms with Gasteiger partial charge in [-0.05, 0) is 43.2 Å². The molecule has 1 atom stereocenters. The van der Waals surface area contributed by atoms with Crippen LogP contribution in [0.5, 0.6) is 5.75 Å². The number of rotatable bonds is 7. The third-order valence-corrected chi connectivity index (χ3v) is 3.24. The Balaban J connectivity index is 0.00000288. The molecular weight excluding hydrogens is 331 g/mol. The van der Waals surface area contributed by atoms with Crippen molar-refractivity contribution in [2.75, 3.05) is 5.32 Å². The first-order valence-corrected chi connectivity index (χ1v) is 7.55. The van der Waals surface area contributed by atoms with Crippen LogP contribution < -0.4 is 15.8 Å². The van der Waals surface area contributed by atoms with Crippen molar-refractivity contribution in [2.24, 2.45) is 5.73 Å². The smallest absolute Gasteiger partial charge is 0.224 e. The molecule has 3 N–H and O–H groups in total. The van der Waals surface area contributed by atoms with Crippen molar-refractivity contribution in [1.82, 2.24) is 0 Å². The van der Waals surface area contributed by atoms with Gasteiger partial charge in [0.1, 0.15) is 18.2 Å². The van der Waals surface area contributed by atoms with Crippen LogP contribution in [0.2, 0.25) is 0 Å². The van der Waals surface area contributed by atoms with Crippen LogP contribution in [0, 0.1) is 5.82 Å². The number of hydrogen-bond acceptors (Lipinski definition) is 3. The molecule has 0 aromatic heterocycles. The quantitative estimate of drug-likeness (QED) is 0.794. The Kier molecular flexibility index (Phi) is 8.22. The molecule has 0 fully saturated rings. The van der Waals surface area contributed by atoms with E-state index in [-0.39, 0.29) is 30.2 Å². The Morgan fingerprint density at radius 2 is 2.00 bits per heavy atom. The Morgan fingerprint density at radius 3 is 2.71 bits per heavy atom. The zero-order chi connectivity index (χ0) is 16.7. The number of nitrogens with two attached hydrogens (primary N) is 1. The summed E-state index contributed by atoms with van der Waals surface area (Å²) >= 11 is 0. The van der Waals surface area contributed by atoms with Crippen molar-refractivity contribution in [3.05, 3.63) is 59.9 Å². The van der Waals surface area contributed by atoms with Crippen LogP contribution in [0.25, 0.3) is 0 Å². The average molecular weight is 353 g/mol. The molecule has 6 heteroatoms. The number of carbonyl (C=O) groups excluding carboxylic acids is 1. The molecule has 0 spiro atoms. The summed E-state index contributed by atoms with van der Waals surface area (Å²) in [5.74, 6) is 0.0690. The van der Waals surface area contributed by atoms with E-state index in [0.29, 0.717) is 30.9 Å². The van der Waals surface area contributed by atoms with Crippen molar-refractivity contribution in [2.45, 2.75) is 32.4 Å². The van der Waals surface area contributed by atoms with E-state index in [9.17, 15) is 9.18 Å². The van der Waals surface area contributed by atoms with Gasteiger partial charge in [-0.25, -0.2) is 4.39 Å². The molecule has 0 aliphatic carbocycles. The van der Waals surface area contributed by atoms with Gasteiger partial charge in [-0.3, -0.25) is 4.79 Å². The van der Waals surface area contributed by atoms with E-state index < -0.39 is 0 Å². The molecule has 2 aromatic rings. The summed E-state index contributed by atoms with van der Waals surface area (Å²) in [5.41, 5.74) is 7.24. The monoisotopic (exact) mass is 352 g/mol. The standard InChI is InChI=1S/C18H21FN2O2.ClH/c1-13(20)8-9-18(22)21-16-6-2-4-14(10-16)12-23-17-7-3-5-15(19)11-17;/h2-7,10-11,13H,8-9,12,20H2,1H3,(H,21,22);1H. The molecule has 130 valence electrons. The molecule has 0 saturated heterocycles. The molecular formula is C18H22ClFN2O2. The number of anilines is 1. The molecule has 1 amide bonds. The van der Waals surface area contributed by atoms with Crippen molar-refractivity contribution in [3.63, 3.8) is 0 Å². The van der Waals surface area contributed by atoms with Crippen molar-refractivity contribution >= 4 is 24.0 Å². The highest BCUT2D eigenvalue weighted by Crippen LogP contribution is 2.16. The fourth-order valence-electron chi connectivity index (χ4n) is 2.04. The molecule has 2 rings (SSSR count). The van der Waals surface area contributed by atoms with Gasteiger partial charge in [-0.2, -0.15) is 0 Å². The number of amides is 1. The van der Waals surface area contributed by atoms with Crippen LogP contribution >= 0.6 is 12.4 Å². The fourth-order valence-corrected chi connectivity index (χ4v) is 2.04. The van der Waals surface area contributed by atoms with Crippen LogP contribution in [0.4, 0.5) is 10.1 Å². The maximum absolute atomic E-state index is 13.1. The molecule has 1 unspecified atom stereocenters. The Morgan fingerprint density at radius 1 is 1.25 bits per heavy atom. The Hall–Kier alpha value is -2.11. The number of benzene rings is 2. The Labute approximate surface area is 147 Å². The van der Waals surface area contributed by atoms with Gasteiger partial charge in [0, 0.05) is 24.2 Å². The lowest BCUT2D eigenvalue weighted by molar-refractivity contribution is -0.116. The van der Waals surface area contributed by atoms with Gasteiger partial charge in [0.15, 0.2) is 0 Å². The minimum atomic E-state index is -0.336. The summed E-state index contributed by atoms with van der Waals surface area (Å²) < 4.78 is 18.6. The van der Waals surface area contributed by atoms with Crippen LogP contribution in [0.15, 0.2) is 48.5 Å². The topological polar surface area (TPSA) is 64.4 Å². The third-order valence-electron chi connectivity index (χ3n) is 3.24. The predicted molar refractivity (Wildman–Crippen MR) is 95.9 cm³/mol. The van der Waals surface area contributed by atoms with E-state index in [1.165, 1.54) is 12.1 Å². The van der Waals surface area contributed by atoms with E-state index in [2.05, 4.69) is 5.32 Å². The number of hydrogen-bond donors (Lipinski definition) is 2. The normalized spacial score (nSPS) is 11.3. The number of nitrogens with one attached hydrogen (secondary N) is 1. The van der Waals surface area contributed by atoms with Crippen molar-refractivity contribution in [3.8, 4) is 5.75 Å². The first kappa shape index (κ1) is 19.9. The zero-order valence-electron chi connectivity index (χ0n) is 13.5. The van der Waals surface area contributed by atoms with Gasteiger partial charge < -0.3 is 15.8 Å². The highest BCUT2D eigenvalue weighted by Gasteiger charge is 2.05. The van der Waals surface area contributed by atoms with Crippen LogP contribution in [0.3, 0.4) is 0 Å². The second-order valence-corrected chi connectivity index (χ2v) is 5.51. The fraction of sp³-hybridized carbons (Fsp3) is 0.278. The van der Waals surface area contributed by atoms with Crippen LogP contribution in [0.1, 0.15) is 25.3 Å². The lowest BCUT2D eigenvalue weighted by Gasteiger charge is -2.10. The SMILES string of the molecule is CC(N)CCC(=O)Nc1cccc(COc2cccc(F)c2)c1.Cl. The second-order valence-electron chi connectivity index (χ2n) is 5.51. The summed E-state index contributed by atoms with van der Waals surface area (Å²) in [6.07, 6.45) is 1.04. The van der Waals surface area contributed by atoms with Gasteiger partial charge in [0.05, 0.1) is 0 Å². The molecule has 0 aliphatic rings. The molecule has 0 aliphatic heterocycles. The van der Waals surface area contributed by atoms with Crippen molar-refractivity contribution < 1.29 is 13.9 Å². The maximum Gasteiger partial charge on any atom is 0.224 e. The van der Waals surface area contributed by atoms with E-state index in [1.54, 1.807) is 12.1 Å². The molecule has 4 nitrogen and oxygen atoms in total. The van der Waals surface area contributed by atoms with Gasteiger partial charge in [0.2, 0.25) is 5.91 Å². The van der Waals surface area contributed by atoms with E-state index in [0.717, 1.165) is 5.56 Å². The second kappa shape index (κ2) is 9.90. The molecule has 0 radical (unpaired) electrons. The molecule has 0 saturated carbocycles. The highest BCUT2D eigenvalue weighted by atomic mass is 35.5. The Bertz CT molecular complexity index is 665. The lowest BCUT2D eigenvalue weighted by atomic mass is 10.1. The molecule has 2 aromatic carbocycles. The van der Waals surface area contributed by atoms with Crippen LogP contribution in [-0.4, -0.2) is 11.9 Å². The molecule has 24 heavy (non-hydrogen) atoms.